The van der Waals surface area contributed by atoms with E-state index in [2.05, 4.69) is 40.9 Å². The molecule has 0 bridgehead atoms. The molecule has 0 aromatic heterocycles. The van der Waals surface area contributed by atoms with Crippen molar-refractivity contribution in [1.29, 1.82) is 0 Å². The second kappa shape index (κ2) is 9.85. The Kier molecular flexibility index (Phi) is 6.71. The molecule has 33 heavy (non-hydrogen) atoms. The van der Waals surface area contributed by atoms with Crippen molar-refractivity contribution >= 4 is 17.3 Å². The lowest BCUT2D eigenvalue weighted by atomic mass is 10.1. The highest BCUT2D eigenvalue weighted by Crippen LogP contribution is 2.30. The van der Waals surface area contributed by atoms with Crippen molar-refractivity contribution in [2.24, 2.45) is 0 Å². The van der Waals surface area contributed by atoms with Gasteiger partial charge >= 0.3 is 0 Å². The summed E-state index contributed by atoms with van der Waals surface area (Å²) >= 11 is 0. The number of rotatable bonds is 3. The molecule has 0 radical (unpaired) electrons. The van der Waals surface area contributed by atoms with Crippen LogP contribution < -0.4 is 10.2 Å². The van der Waals surface area contributed by atoms with Gasteiger partial charge in [-0.1, -0.05) is 24.0 Å². The van der Waals surface area contributed by atoms with Crippen LogP contribution >= 0.6 is 0 Å². The second-order valence-electron chi connectivity index (χ2n) is 8.20. The quantitative estimate of drug-likeness (QED) is 0.591. The van der Waals surface area contributed by atoms with Gasteiger partial charge in [0.2, 0.25) is 0 Å². The molecule has 0 spiro atoms. The minimum atomic E-state index is -0.572. The third-order valence-electron chi connectivity index (χ3n) is 5.86. The van der Waals surface area contributed by atoms with Gasteiger partial charge in [0, 0.05) is 36.8 Å². The van der Waals surface area contributed by atoms with Crippen LogP contribution in [0.4, 0.5) is 20.2 Å². The number of nitrogens with zero attached hydrogens (tertiary/aromatic N) is 2. The van der Waals surface area contributed by atoms with Crippen molar-refractivity contribution in [3.05, 3.63) is 95.1 Å². The first-order chi connectivity index (χ1) is 15.9. The van der Waals surface area contributed by atoms with Gasteiger partial charge in [-0.25, -0.2) is 8.78 Å². The van der Waals surface area contributed by atoms with Gasteiger partial charge in [0.15, 0.2) is 0 Å². The summed E-state index contributed by atoms with van der Waals surface area (Å²) in [4.78, 5) is 17.4. The van der Waals surface area contributed by atoms with Crippen LogP contribution in [0.1, 0.15) is 28.4 Å². The van der Waals surface area contributed by atoms with E-state index < -0.39 is 11.7 Å². The number of anilines is 2. The Balaban J connectivity index is 1.67. The minimum Gasteiger partial charge on any atom is -0.367 e. The molecule has 6 heteroatoms. The number of hydrogen-bond acceptors (Lipinski definition) is 3. The van der Waals surface area contributed by atoms with E-state index in [1.54, 1.807) is 30.3 Å². The number of carbonyl (C=O) groups is 1. The van der Waals surface area contributed by atoms with Gasteiger partial charge in [-0.15, -0.1) is 0 Å². The van der Waals surface area contributed by atoms with Crippen molar-refractivity contribution in [2.75, 3.05) is 36.9 Å². The SMILES string of the molecule is C[C@H]1CN(c2ccc(C#Cc3ccc(F)cc3)cc2NC(=O)c2ccccc2F)CCN1C. The first kappa shape index (κ1) is 22.5. The van der Waals surface area contributed by atoms with Crippen LogP contribution in [0.25, 0.3) is 0 Å². The lowest BCUT2D eigenvalue weighted by Gasteiger charge is -2.39. The van der Waals surface area contributed by atoms with E-state index in [1.165, 1.54) is 24.3 Å². The molecule has 1 N–H and O–H groups in total. The molecule has 1 fully saturated rings. The molecule has 0 unspecified atom stereocenters. The summed E-state index contributed by atoms with van der Waals surface area (Å²) in [6, 6.07) is 17.8. The van der Waals surface area contributed by atoms with Crippen LogP contribution in [-0.2, 0) is 0 Å². The molecule has 168 valence electrons. The van der Waals surface area contributed by atoms with Crippen LogP contribution in [0.5, 0.6) is 0 Å². The molecule has 1 amide bonds. The maximum Gasteiger partial charge on any atom is 0.258 e. The van der Waals surface area contributed by atoms with Gasteiger partial charge < -0.3 is 15.1 Å². The third kappa shape index (κ3) is 5.39. The molecule has 1 atom stereocenters. The van der Waals surface area contributed by atoms with Crippen molar-refractivity contribution in [3.8, 4) is 11.8 Å². The number of halogens is 2. The lowest BCUT2D eigenvalue weighted by molar-refractivity contribution is 0.102. The molecular weight excluding hydrogens is 420 g/mol. The highest BCUT2D eigenvalue weighted by Gasteiger charge is 2.23. The van der Waals surface area contributed by atoms with E-state index in [9.17, 15) is 13.6 Å². The molecule has 1 aliphatic heterocycles. The summed E-state index contributed by atoms with van der Waals surface area (Å²) in [6.07, 6.45) is 0. The molecular formula is C27H25F2N3O. The normalized spacial score (nSPS) is 16.1. The molecule has 3 aromatic rings. The number of carbonyl (C=O) groups excluding carboxylic acids is 1. The predicted octanol–water partition coefficient (Wildman–Crippen LogP) is 4.76. The molecule has 4 nitrogen and oxygen atoms in total. The van der Waals surface area contributed by atoms with Crippen LogP contribution in [0.15, 0.2) is 66.7 Å². The summed E-state index contributed by atoms with van der Waals surface area (Å²) < 4.78 is 27.3. The van der Waals surface area contributed by atoms with Gasteiger partial charge in [-0.3, -0.25) is 4.79 Å². The van der Waals surface area contributed by atoms with Crippen molar-refractivity contribution < 1.29 is 13.6 Å². The Bertz CT molecular complexity index is 1210. The molecule has 1 saturated heterocycles. The first-order valence-electron chi connectivity index (χ1n) is 10.8. The highest BCUT2D eigenvalue weighted by atomic mass is 19.1. The summed E-state index contributed by atoms with van der Waals surface area (Å²) in [6.45, 7) is 4.67. The summed E-state index contributed by atoms with van der Waals surface area (Å²) in [5.74, 6) is 4.68. The average molecular weight is 446 g/mol. The van der Waals surface area contributed by atoms with Crippen LogP contribution in [0.3, 0.4) is 0 Å². The van der Waals surface area contributed by atoms with Crippen LogP contribution in [0.2, 0.25) is 0 Å². The fourth-order valence-corrected chi connectivity index (χ4v) is 3.77. The Hall–Kier alpha value is -3.69. The summed E-state index contributed by atoms with van der Waals surface area (Å²) in [5.41, 5.74) is 2.80. The molecule has 0 saturated carbocycles. The summed E-state index contributed by atoms with van der Waals surface area (Å²) in [5, 5.41) is 2.89. The first-order valence-corrected chi connectivity index (χ1v) is 10.8. The largest absolute Gasteiger partial charge is 0.367 e. The molecule has 4 rings (SSSR count). The number of likely N-dealkylation sites (N-methyl/N-ethyl adjacent to an activating group) is 1. The third-order valence-corrected chi connectivity index (χ3v) is 5.86. The zero-order chi connectivity index (χ0) is 23.4. The van der Waals surface area contributed by atoms with Gasteiger partial charge in [-0.05, 0) is 68.6 Å². The molecule has 1 aliphatic rings. The Morgan fingerprint density at radius 1 is 0.970 bits per heavy atom. The number of piperazine rings is 1. The van der Waals surface area contributed by atoms with Crippen molar-refractivity contribution in [3.63, 3.8) is 0 Å². The number of amides is 1. The smallest absolute Gasteiger partial charge is 0.258 e. The Morgan fingerprint density at radius 2 is 1.67 bits per heavy atom. The predicted molar refractivity (Wildman–Crippen MR) is 127 cm³/mol. The Labute approximate surface area is 192 Å². The topological polar surface area (TPSA) is 35.6 Å². The summed E-state index contributed by atoms with van der Waals surface area (Å²) in [7, 11) is 2.09. The fraction of sp³-hybridized carbons (Fsp3) is 0.222. The molecule has 0 aliphatic carbocycles. The lowest BCUT2D eigenvalue weighted by Crippen LogP contribution is -2.50. The Morgan fingerprint density at radius 3 is 2.39 bits per heavy atom. The molecule has 1 heterocycles. The zero-order valence-corrected chi connectivity index (χ0v) is 18.6. The number of hydrogen-bond donors (Lipinski definition) is 1. The van der Waals surface area contributed by atoms with Crippen molar-refractivity contribution in [1.82, 2.24) is 4.90 Å². The van der Waals surface area contributed by atoms with E-state index in [-0.39, 0.29) is 11.4 Å². The van der Waals surface area contributed by atoms with Crippen LogP contribution in [-0.4, -0.2) is 43.5 Å². The maximum absolute atomic E-state index is 14.2. The maximum atomic E-state index is 14.2. The van der Waals surface area contributed by atoms with Crippen LogP contribution in [0, 0.1) is 23.5 Å². The fourth-order valence-electron chi connectivity index (χ4n) is 3.77. The van der Waals surface area contributed by atoms with Gasteiger partial charge in [-0.2, -0.15) is 0 Å². The monoisotopic (exact) mass is 445 g/mol. The van der Waals surface area contributed by atoms with Crippen molar-refractivity contribution in [2.45, 2.75) is 13.0 Å². The van der Waals surface area contributed by atoms with Gasteiger partial charge in [0.05, 0.1) is 16.9 Å². The molecule has 3 aromatic carbocycles. The average Bonchev–Trinajstić information content (AvgIpc) is 2.81. The van der Waals surface area contributed by atoms with E-state index >= 15 is 0 Å². The van der Waals surface area contributed by atoms with Gasteiger partial charge in [0.25, 0.3) is 5.91 Å². The zero-order valence-electron chi connectivity index (χ0n) is 18.6. The minimum absolute atomic E-state index is 0.0157. The second-order valence-corrected chi connectivity index (χ2v) is 8.20. The number of nitrogens with one attached hydrogen (secondary N) is 1. The van der Waals surface area contributed by atoms with E-state index in [4.69, 9.17) is 0 Å². The van der Waals surface area contributed by atoms with E-state index in [1.807, 2.05) is 12.1 Å². The van der Waals surface area contributed by atoms with Gasteiger partial charge in [0.1, 0.15) is 11.6 Å². The van der Waals surface area contributed by atoms with E-state index in [0.29, 0.717) is 22.9 Å². The number of benzene rings is 3. The van der Waals surface area contributed by atoms with E-state index in [0.717, 1.165) is 25.3 Å². The standard InChI is InChI=1S/C27H25F2N3O/c1-19-18-32(16-15-31(19)2)26-14-11-21(8-7-20-9-12-22(28)13-10-20)17-25(26)30-27(33)23-5-3-4-6-24(23)29/h3-6,9-14,17,19H,15-16,18H2,1-2H3,(H,30,33)/t19-/m0/s1. The highest BCUT2D eigenvalue weighted by molar-refractivity contribution is 6.06.